The number of nitrogens with zero attached hydrogens (tertiary/aromatic N) is 1. The second-order valence-corrected chi connectivity index (χ2v) is 4.49. The summed E-state index contributed by atoms with van der Waals surface area (Å²) in [7, 11) is 1.67. The van der Waals surface area contributed by atoms with Crippen LogP contribution < -0.4 is 4.74 Å². The summed E-state index contributed by atoms with van der Waals surface area (Å²) in [4.78, 5) is 4.25. The minimum Gasteiger partial charge on any atom is -0.496 e. The van der Waals surface area contributed by atoms with Crippen molar-refractivity contribution in [3.63, 3.8) is 0 Å². The van der Waals surface area contributed by atoms with Gasteiger partial charge in [-0.05, 0) is 18.2 Å². The van der Waals surface area contributed by atoms with Gasteiger partial charge < -0.3 is 4.74 Å². The Hall–Kier alpha value is -0.870. The molecule has 2 rings (SSSR count). The highest BCUT2D eigenvalue weighted by Gasteiger charge is 2.07. The lowest BCUT2D eigenvalue weighted by Gasteiger charge is -2.05. The van der Waals surface area contributed by atoms with Crippen LogP contribution in [0.4, 0.5) is 0 Å². The van der Waals surface area contributed by atoms with Crippen LogP contribution in [-0.4, -0.2) is 12.1 Å². The zero-order valence-electron chi connectivity index (χ0n) is 7.53. The quantitative estimate of drug-likeness (QED) is 0.832. The topological polar surface area (TPSA) is 22.1 Å². The Morgan fingerprint density at radius 1 is 1.43 bits per heavy atom. The first-order valence-corrected chi connectivity index (χ1v) is 5.72. The Kier molecular flexibility index (Phi) is 2.84. The number of methoxy groups -OCH3 is 1. The van der Waals surface area contributed by atoms with Crippen molar-refractivity contribution < 1.29 is 4.74 Å². The Morgan fingerprint density at radius 2 is 2.29 bits per heavy atom. The van der Waals surface area contributed by atoms with Crippen molar-refractivity contribution >= 4 is 27.3 Å². The number of benzene rings is 1. The van der Waals surface area contributed by atoms with E-state index in [1.165, 1.54) is 0 Å². The Labute approximate surface area is 94.7 Å². The fourth-order valence-electron chi connectivity index (χ4n) is 1.20. The summed E-state index contributed by atoms with van der Waals surface area (Å²) in [5, 5.41) is 2.93. The van der Waals surface area contributed by atoms with Crippen LogP contribution in [0.15, 0.2) is 34.2 Å². The molecule has 1 heterocycles. The van der Waals surface area contributed by atoms with E-state index in [-0.39, 0.29) is 0 Å². The van der Waals surface area contributed by atoms with Gasteiger partial charge in [0.2, 0.25) is 0 Å². The number of rotatable bonds is 2. The fourth-order valence-corrected chi connectivity index (χ4v) is 2.22. The smallest absolute Gasteiger partial charge is 0.129 e. The van der Waals surface area contributed by atoms with E-state index in [0.717, 1.165) is 20.8 Å². The summed E-state index contributed by atoms with van der Waals surface area (Å²) in [6.07, 6.45) is 1.79. The Balaban J connectivity index is 2.55. The van der Waals surface area contributed by atoms with Crippen molar-refractivity contribution in [1.82, 2.24) is 4.98 Å². The molecule has 0 bridgehead atoms. The van der Waals surface area contributed by atoms with Crippen LogP contribution in [0.3, 0.4) is 0 Å². The molecule has 0 atom stereocenters. The molecule has 0 saturated carbocycles. The van der Waals surface area contributed by atoms with Crippen LogP contribution in [0.25, 0.3) is 10.6 Å². The normalized spacial score (nSPS) is 10.1. The molecule has 4 heteroatoms. The first kappa shape index (κ1) is 9.68. The van der Waals surface area contributed by atoms with Crippen LogP contribution in [0.2, 0.25) is 0 Å². The average Bonchev–Trinajstić information content (AvgIpc) is 2.70. The molecule has 2 nitrogen and oxygen atoms in total. The molecule has 0 saturated heterocycles. The van der Waals surface area contributed by atoms with Crippen molar-refractivity contribution in [2.45, 2.75) is 0 Å². The van der Waals surface area contributed by atoms with E-state index in [4.69, 9.17) is 4.74 Å². The van der Waals surface area contributed by atoms with Gasteiger partial charge in [-0.3, -0.25) is 0 Å². The molecular weight excluding hydrogens is 262 g/mol. The summed E-state index contributed by atoms with van der Waals surface area (Å²) in [6.45, 7) is 0. The highest BCUT2D eigenvalue weighted by Crippen LogP contribution is 2.33. The zero-order chi connectivity index (χ0) is 9.97. The van der Waals surface area contributed by atoms with Crippen molar-refractivity contribution in [3.8, 4) is 16.3 Å². The molecule has 0 spiro atoms. The molecule has 0 aliphatic rings. The highest BCUT2D eigenvalue weighted by atomic mass is 79.9. The molecular formula is C10H8BrNOS. The van der Waals surface area contributed by atoms with Gasteiger partial charge in [-0.25, -0.2) is 4.98 Å². The van der Waals surface area contributed by atoms with E-state index >= 15 is 0 Å². The van der Waals surface area contributed by atoms with Crippen LogP contribution in [0, 0.1) is 0 Å². The number of hydrogen-bond donors (Lipinski definition) is 0. The van der Waals surface area contributed by atoms with Crippen molar-refractivity contribution in [1.29, 1.82) is 0 Å². The van der Waals surface area contributed by atoms with Gasteiger partial charge in [0, 0.05) is 16.0 Å². The first-order valence-electron chi connectivity index (χ1n) is 4.04. The maximum Gasteiger partial charge on any atom is 0.129 e. The first-order chi connectivity index (χ1) is 6.81. The van der Waals surface area contributed by atoms with E-state index in [1.807, 2.05) is 23.6 Å². The Bertz CT molecular complexity index is 428. The summed E-state index contributed by atoms with van der Waals surface area (Å²) in [5.41, 5.74) is 1.02. The van der Waals surface area contributed by atoms with Gasteiger partial charge in [0.05, 0.1) is 12.7 Å². The molecule has 0 amide bonds. The van der Waals surface area contributed by atoms with Gasteiger partial charge in [0.1, 0.15) is 10.8 Å². The lowest BCUT2D eigenvalue weighted by molar-refractivity contribution is 0.416. The minimum absolute atomic E-state index is 0.850. The molecule has 1 aromatic carbocycles. The van der Waals surface area contributed by atoms with Gasteiger partial charge >= 0.3 is 0 Å². The molecule has 72 valence electrons. The van der Waals surface area contributed by atoms with Crippen LogP contribution in [-0.2, 0) is 0 Å². The summed E-state index contributed by atoms with van der Waals surface area (Å²) < 4.78 is 6.30. The SMILES string of the molecule is COc1ccc(Br)cc1-c1nccs1. The molecule has 0 fully saturated rings. The molecule has 0 radical (unpaired) electrons. The third kappa shape index (κ3) is 1.81. The molecule has 14 heavy (non-hydrogen) atoms. The van der Waals surface area contributed by atoms with Crippen LogP contribution >= 0.6 is 27.3 Å². The van der Waals surface area contributed by atoms with E-state index < -0.39 is 0 Å². The molecule has 1 aromatic heterocycles. The third-order valence-corrected chi connectivity index (χ3v) is 3.12. The minimum atomic E-state index is 0.850. The van der Waals surface area contributed by atoms with Crippen molar-refractivity contribution in [3.05, 3.63) is 34.2 Å². The lowest BCUT2D eigenvalue weighted by atomic mass is 10.2. The fraction of sp³-hybridized carbons (Fsp3) is 0.100. The van der Waals surface area contributed by atoms with Crippen LogP contribution in [0.5, 0.6) is 5.75 Å². The summed E-state index contributed by atoms with van der Waals surface area (Å²) >= 11 is 5.03. The van der Waals surface area contributed by atoms with Gasteiger partial charge in [0.25, 0.3) is 0 Å². The average molecular weight is 270 g/mol. The predicted octanol–water partition coefficient (Wildman–Crippen LogP) is 3.58. The summed E-state index contributed by atoms with van der Waals surface area (Å²) in [6, 6.07) is 5.90. The predicted molar refractivity (Wildman–Crippen MR) is 61.8 cm³/mol. The van der Waals surface area contributed by atoms with Crippen molar-refractivity contribution in [2.75, 3.05) is 7.11 Å². The maximum atomic E-state index is 5.27. The monoisotopic (exact) mass is 269 g/mol. The van der Waals surface area contributed by atoms with Gasteiger partial charge in [0.15, 0.2) is 0 Å². The number of halogens is 1. The number of thiazole rings is 1. The molecule has 2 aromatic rings. The Morgan fingerprint density at radius 3 is 2.93 bits per heavy atom. The molecule has 0 aliphatic carbocycles. The van der Waals surface area contributed by atoms with E-state index in [0.29, 0.717) is 0 Å². The largest absolute Gasteiger partial charge is 0.496 e. The van der Waals surface area contributed by atoms with E-state index in [9.17, 15) is 0 Å². The van der Waals surface area contributed by atoms with E-state index in [1.54, 1.807) is 24.6 Å². The molecule has 0 N–H and O–H groups in total. The number of aromatic nitrogens is 1. The van der Waals surface area contributed by atoms with Gasteiger partial charge in [-0.15, -0.1) is 11.3 Å². The van der Waals surface area contributed by atoms with Crippen molar-refractivity contribution in [2.24, 2.45) is 0 Å². The third-order valence-electron chi connectivity index (χ3n) is 1.82. The summed E-state index contributed by atoms with van der Waals surface area (Å²) in [5.74, 6) is 0.850. The standard InChI is InChI=1S/C10H8BrNOS/c1-13-9-3-2-7(11)6-8(9)10-12-4-5-14-10/h2-6H,1H3. The molecule has 0 aliphatic heterocycles. The highest BCUT2D eigenvalue weighted by molar-refractivity contribution is 9.10. The number of hydrogen-bond acceptors (Lipinski definition) is 3. The second-order valence-electron chi connectivity index (χ2n) is 2.68. The second kappa shape index (κ2) is 4.11. The van der Waals surface area contributed by atoms with Gasteiger partial charge in [-0.2, -0.15) is 0 Å². The zero-order valence-corrected chi connectivity index (χ0v) is 9.93. The number of ether oxygens (including phenoxy) is 1. The molecule has 0 unspecified atom stereocenters. The maximum absolute atomic E-state index is 5.27. The lowest BCUT2D eigenvalue weighted by Crippen LogP contribution is -1.86. The van der Waals surface area contributed by atoms with E-state index in [2.05, 4.69) is 20.9 Å². The van der Waals surface area contributed by atoms with Crippen LogP contribution in [0.1, 0.15) is 0 Å². The van der Waals surface area contributed by atoms with Gasteiger partial charge in [-0.1, -0.05) is 15.9 Å².